The highest BCUT2D eigenvalue weighted by molar-refractivity contribution is 5.94. The van der Waals surface area contributed by atoms with Crippen LogP contribution in [0.5, 0.6) is 0 Å². The van der Waals surface area contributed by atoms with Crippen LogP contribution in [0.4, 0.5) is 8.78 Å². The van der Waals surface area contributed by atoms with Crippen molar-refractivity contribution in [2.24, 2.45) is 5.41 Å². The third-order valence-electron chi connectivity index (χ3n) is 3.51. The Labute approximate surface area is 110 Å². The van der Waals surface area contributed by atoms with Gasteiger partial charge < -0.3 is 10.1 Å². The molecule has 1 saturated carbocycles. The maximum absolute atomic E-state index is 13.4. The average Bonchev–Trinajstić information content (AvgIpc) is 3.17. The van der Waals surface area contributed by atoms with Crippen molar-refractivity contribution in [3.05, 3.63) is 29.6 Å². The first-order chi connectivity index (χ1) is 9.08. The molecule has 0 aromatic carbocycles. The topological polar surface area (TPSA) is 51.2 Å². The van der Waals surface area contributed by atoms with Crippen LogP contribution in [0.2, 0.25) is 0 Å². The van der Waals surface area contributed by atoms with Gasteiger partial charge in [-0.25, -0.2) is 9.37 Å². The normalized spacial score (nSPS) is 16.2. The molecule has 1 aromatic heterocycles. The second-order valence-corrected chi connectivity index (χ2v) is 4.89. The molecule has 19 heavy (non-hydrogen) atoms. The summed E-state index contributed by atoms with van der Waals surface area (Å²) in [5, 5.41) is 2.65. The molecule has 0 atom stereocenters. The van der Waals surface area contributed by atoms with Crippen molar-refractivity contribution in [3.8, 4) is 0 Å². The van der Waals surface area contributed by atoms with E-state index in [2.05, 4.69) is 10.3 Å². The maximum atomic E-state index is 13.4. The number of nitrogens with zero attached hydrogens (tertiary/aromatic N) is 1. The molecule has 1 aliphatic rings. The molecule has 6 heteroatoms. The Morgan fingerprint density at radius 3 is 2.89 bits per heavy atom. The third-order valence-corrected chi connectivity index (χ3v) is 3.51. The highest BCUT2D eigenvalue weighted by Crippen LogP contribution is 2.48. The van der Waals surface area contributed by atoms with E-state index >= 15 is 0 Å². The fourth-order valence-electron chi connectivity index (χ4n) is 1.97. The highest BCUT2D eigenvalue weighted by Gasteiger charge is 2.42. The van der Waals surface area contributed by atoms with E-state index in [0.29, 0.717) is 13.2 Å². The second-order valence-electron chi connectivity index (χ2n) is 4.89. The molecule has 0 radical (unpaired) electrons. The number of carbonyl (C=O) groups excluding carboxylic acids is 1. The van der Waals surface area contributed by atoms with Crippen molar-refractivity contribution in [3.63, 3.8) is 0 Å². The lowest BCUT2D eigenvalue weighted by Gasteiger charge is -2.15. The molecule has 0 aliphatic heterocycles. The molecular formula is C13H16F2N2O2. The molecule has 1 heterocycles. The first kappa shape index (κ1) is 13.9. The van der Waals surface area contributed by atoms with Crippen LogP contribution in [0.25, 0.3) is 0 Å². The minimum atomic E-state index is -1.26. The van der Waals surface area contributed by atoms with Gasteiger partial charge >= 0.3 is 0 Å². The fraction of sp³-hybridized carbons (Fsp3) is 0.538. The van der Waals surface area contributed by atoms with Gasteiger partial charge in [-0.2, -0.15) is 4.39 Å². The summed E-state index contributed by atoms with van der Waals surface area (Å²) in [6.07, 6.45) is 3.97. The summed E-state index contributed by atoms with van der Waals surface area (Å²) in [7, 11) is 1.63. The predicted molar refractivity (Wildman–Crippen MR) is 64.6 cm³/mol. The fourth-order valence-corrected chi connectivity index (χ4v) is 1.97. The van der Waals surface area contributed by atoms with Crippen molar-refractivity contribution in [2.75, 3.05) is 20.3 Å². The van der Waals surface area contributed by atoms with Crippen LogP contribution in [0.3, 0.4) is 0 Å². The van der Waals surface area contributed by atoms with Crippen LogP contribution in [0.15, 0.2) is 12.3 Å². The van der Waals surface area contributed by atoms with E-state index in [0.717, 1.165) is 25.5 Å². The van der Waals surface area contributed by atoms with Crippen LogP contribution in [-0.2, 0) is 4.74 Å². The number of hydrogen-bond donors (Lipinski definition) is 1. The predicted octanol–water partition coefficient (Wildman–Crippen LogP) is 1.91. The molecule has 1 amide bonds. The molecule has 4 nitrogen and oxygen atoms in total. The van der Waals surface area contributed by atoms with E-state index in [-0.39, 0.29) is 11.0 Å². The van der Waals surface area contributed by atoms with Gasteiger partial charge in [0.05, 0.1) is 5.56 Å². The van der Waals surface area contributed by atoms with E-state index in [1.807, 2.05) is 0 Å². The van der Waals surface area contributed by atoms with Gasteiger partial charge in [-0.05, 0) is 30.7 Å². The summed E-state index contributed by atoms with van der Waals surface area (Å²) < 4.78 is 31.3. The molecule has 1 aromatic rings. The number of rotatable bonds is 6. The molecule has 1 N–H and O–H groups in total. The molecule has 2 rings (SSSR count). The average molecular weight is 270 g/mol. The first-order valence-corrected chi connectivity index (χ1v) is 6.15. The summed E-state index contributed by atoms with van der Waals surface area (Å²) in [5.74, 6) is -3.07. The number of ether oxygens (including phenoxy) is 1. The Hall–Kier alpha value is -1.56. The Balaban J connectivity index is 1.93. The monoisotopic (exact) mass is 270 g/mol. The zero-order chi connectivity index (χ0) is 13.9. The van der Waals surface area contributed by atoms with Gasteiger partial charge in [-0.3, -0.25) is 4.79 Å². The largest absolute Gasteiger partial charge is 0.385 e. The van der Waals surface area contributed by atoms with Crippen molar-refractivity contribution in [2.45, 2.75) is 19.3 Å². The van der Waals surface area contributed by atoms with Crippen LogP contribution in [0, 0.1) is 17.2 Å². The van der Waals surface area contributed by atoms with E-state index in [1.54, 1.807) is 7.11 Å². The standard InChI is InChI=1S/C13H16F2N2O2/c1-19-7-5-13(3-4-13)8-17-12(18)9-2-6-16-11(15)10(9)14/h2,6H,3-5,7-8H2,1H3,(H,17,18). The van der Waals surface area contributed by atoms with E-state index < -0.39 is 17.7 Å². The van der Waals surface area contributed by atoms with Gasteiger partial charge in [0.25, 0.3) is 5.91 Å². The lowest BCUT2D eigenvalue weighted by molar-refractivity contribution is 0.0932. The zero-order valence-electron chi connectivity index (χ0n) is 10.7. The van der Waals surface area contributed by atoms with Gasteiger partial charge in [0.1, 0.15) is 0 Å². The number of nitrogens with one attached hydrogen (secondary N) is 1. The van der Waals surface area contributed by atoms with Crippen molar-refractivity contribution in [1.29, 1.82) is 0 Å². The summed E-state index contributed by atoms with van der Waals surface area (Å²) in [6, 6.07) is 1.17. The van der Waals surface area contributed by atoms with E-state index in [1.165, 1.54) is 6.07 Å². The smallest absolute Gasteiger partial charge is 0.254 e. The summed E-state index contributed by atoms with van der Waals surface area (Å²) in [6.45, 7) is 1.09. The quantitative estimate of drug-likeness (QED) is 0.803. The summed E-state index contributed by atoms with van der Waals surface area (Å²) in [4.78, 5) is 14.9. The van der Waals surface area contributed by atoms with Gasteiger partial charge in [0.2, 0.25) is 5.95 Å². The molecule has 0 unspecified atom stereocenters. The third kappa shape index (κ3) is 3.26. The van der Waals surface area contributed by atoms with E-state index in [4.69, 9.17) is 4.74 Å². The molecule has 0 spiro atoms. The number of amides is 1. The molecule has 0 bridgehead atoms. The molecule has 1 fully saturated rings. The Bertz CT molecular complexity index is 476. The first-order valence-electron chi connectivity index (χ1n) is 6.15. The SMILES string of the molecule is COCCC1(CNC(=O)c2ccnc(F)c2F)CC1. The van der Waals surface area contributed by atoms with Crippen molar-refractivity contribution < 1.29 is 18.3 Å². The Kier molecular flexibility index (Phi) is 4.09. The number of aromatic nitrogens is 1. The lowest BCUT2D eigenvalue weighted by atomic mass is 10.0. The van der Waals surface area contributed by atoms with Crippen LogP contribution >= 0.6 is 0 Å². The van der Waals surface area contributed by atoms with Crippen LogP contribution in [-0.4, -0.2) is 31.2 Å². The zero-order valence-corrected chi connectivity index (χ0v) is 10.7. The van der Waals surface area contributed by atoms with Gasteiger partial charge in [-0.15, -0.1) is 0 Å². The van der Waals surface area contributed by atoms with Gasteiger partial charge in [0.15, 0.2) is 5.82 Å². The lowest BCUT2D eigenvalue weighted by Crippen LogP contribution is -2.31. The number of hydrogen-bond acceptors (Lipinski definition) is 3. The highest BCUT2D eigenvalue weighted by atomic mass is 19.2. The number of halogens is 2. The molecule has 104 valence electrons. The molecule has 1 aliphatic carbocycles. The second kappa shape index (κ2) is 5.61. The molecule has 0 saturated heterocycles. The Morgan fingerprint density at radius 1 is 1.53 bits per heavy atom. The van der Waals surface area contributed by atoms with Gasteiger partial charge in [0, 0.05) is 26.5 Å². The van der Waals surface area contributed by atoms with Crippen LogP contribution < -0.4 is 5.32 Å². The number of pyridine rings is 1. The van der Waals surface area contributed by atoms with Crippen molar-refractivity contribution >= 4 is 5.91 Å². The minimum absolute atomic E-state index is 0.0632. The number of carbonyl (C=O) groups is 1. The van der Waals surface area contributed by atoms with Gasteiger partial charge in [-0.1, -0.05) is 0 Å². The van der Waals surface area contributed by atoms with Crippen molar-refractivity contribution in [1.82, 2.24) is 10.3 Å². The Morgan fingerprint density at radius 2 is 2.26 bits per heavy atom. The summed E-state index contributed by atoms with van der Waals surface area (Å²) in [5.41, 5.74) is -0.247. The van der Waals surface area contributed by atoms with E-state index in [9.17, 15) is 13.6 Å². The minimum Gasteiger partial charge on any atom is -0.385 e. The van der Waals surface area contributed by atoms with Crippen LogP contribution in [0.1, 0.15) is 29.6 Å². The summed E-state index contributed by atoms with van der Waals surface area (Å²) >= 11 is 0. The number of methoxy groups -OCH3 is 1. The molecular weight excluding hydrogens is 254 g/mol. The maximum Gasteiger partial charge on any atom is 0.254 e.